The van der Waals surface area contributed by atoms with E-state index in [0.717, 1.165) is 41.4 Å². The summed E-state index contributed by atoms with van der Waals surface area (Å²) in [6.45, 7) is 5.02. The predicted molar refractivity (Wildman–Crippen MR) is 126 cm³/mol. The summed E-state index contributed by atoms with van der Waals surface area (Å²) in [5, 5.41) is 0. The van der Waals surface area contributed by atoms with E-state index in [4.69, 9.17) is 9.15 Å². The molecule has 0 aliphatic carbocycles. The first-order valence-corrected chi connectivity index (χ1v) is 11.0. The average molecular weight is 448 g/mol. The first-order chi connectivity index (χ1) is 16.0. The molecular formula is C26H26FN3O3. The number of ether oxygens (including phenoxy) is 1. The molecule has 6 nitrogen and oxygen atoms in total. The molecule has 3 heterocycles. The van der Waals surface area contributed by atoms with Crippen LogP contribution in [-0.2, 0) is 6.54 Å². The molecule has 2 aromatic carbocycles. The van der Waals surface area contributed by atoms with E-state index < -0.39 is 0 Å². The van der Waals surface area contributed by atoms with Crippen molar-refractivity contribution >= 4 is 22.7 Å². The Morgan fingerprint density at radius 2 is 1.79 bits per heavy atom. The number of fused-ring (bicyclic) bond motifs is 1. The first kappa shape index (κ1) is 21.1. The minimum absolute atomic E-state index is 0.0372. The van der Waals surface area contributed by atoms with Crippen molar-refractivity contribution in [3.63, 3.8) is 0 Å². The quantitative estimate of drug-likeness (QED) is 0.445. The summed E-state index contributed by atoms with van der Waals surface area (Å²) in [6.07, 6.45) is 0. The Hall–Kier alpha value is -3.74. The minimum atomic E-state index is -0.290. The first-order valence-electron chi connectivity index (χ1n) is 11.0. The van der Waals surface area contributed by atoms with Crippen LogP contribution in [0, 0.1) is 12.7 Å². The highest BCUT2D eigenvalue weighted by Crippen LogP contribution is 2.27. The van der Waals surface area contributed by atoms with Crippen LogP contribution in [0.2, 0.25) is 0 Å². The number of nitrogens with zero attached hydrogens (tertiary/aromatic N) is 3. The van der Waals surface area contributed by atoms with Gasteiger partial charge in [-0.1, -0.05) is 12.1 Å². The Morgan fingerprint density at radius 1 is 1.03 bits per heavy atom. The third-order valence-electron chi connectivity index (χ3n) is 6.17. The molecule has 2 aromatic heterocycles. The fourth-order valence-electron chi connectivity index (χ4n) is 4.45. The van der Waals surface area contributed by atoms with E-state index in [2.05, 4.69) is 4.90 Å². The third-order valence-corrected chi connectivity index (χ3v) is 6.17. The Kier molecular flexibility index (Phi) is 5.54. The van der Waals surface area contributed by atoms with Gasteiger partial charge in [0.05, 0.1) is 12.6 Å². The van der Waals surface area contributed by atoms with E-state index in [1.165, 1.54) is 12.1 Å². The molecule has 170 valence electrons. The van der Waals surface area contributed by atoms with Gasteiger partial charge in [0.25, 0.3) is 5.91 Å². The van der Waals surface area contributed by atoms with Crippen LogP contribution in [-0.4, -0.2) is 48.7 Å². The lowest BCUT2D eigenvalue weighted by atomic mass is 10.2. The number of hydrogen-bond acceptors (Lipinski definition) is 4. The number of anilines is 1. The number of methoxy groups -OCH3 is 1. The molecule has 1 amide bonds. The lowest BCUT2D eigenvalue weighted by Gasteiger charge is -2.36. The van der Waals surface area contributed by atoms with Crippen LogP contribution in [0.4, 0.5) is 10.1 Å². The zero-order valence-corrected chi connectivity index (χ0v) is 18.8. The van der Waals surface area contributed by atoms with Gasteiger partial charge >= 0.3 is 0 Å². The van der Waals surface area contributed by atoms with Gasteiger partial charge in [-0.3, -0.25) is 4.79 Å². The summed E-state index contributed by atoms with van der Waals surface area (Å²) in [5.74, 6) is 1.28. The summed E-state index contributed by atoms with van der Waals surface area (Å²) in [5.41, 5.74) is 3.99. The molecule has 1 aliphatic heterocycles. The molecular weight excluding hydrogens is 421 g/mol. The van der Waals surface area contributed by atoms with Crippen LogP contribution in [0.25, 0.3) is 11.1 Å². The summed E-state index contributed by atoms with van der Waals surface area (Å²) < 4.78 is 26.7. The van der Waals surface area contributed by atoms with E-state index in [-0.39, 0.29) is 11.7 Å². The summed E-state index contributed by atoms with van der Waals surface area (Å²) in [7, 11) is 1.65. The standard InChI is InChI=1S/C26H26FN3O3/c1-18-14-23-25(33-18)16-24(30(23)17-19-4-3-5-20(27)15-19)26(31)29-12-10-28(11-13-29)21-6-8-22(32-2)9-7-21/h3-9,14-16H,10-13,17H2,1-2H3. The second kappa shape index (κ2) is 8.65. The van der Waals surface area contributed by atoms with Gasteiger partial charge in [0.1, 0.15) is 23.0 Å². The van der Waals surface area contributed by atoms with Gasteiger partial charge in [0.2, 0.25) is 0 Å². The van der Waals surface area contributed by atoms with Crippen molar-refractivity contribution < 1.29 is 18.3 Å². The van der Waals surface area contributed by atoms with Crippen molar-refractivity contribution in [3.8, 4) is 5.75 Å². The Morgan fingerprint density at radius 3 is 2.48 bits per heavy atom. The number of benzene rings is 2. The van der Waals surface area contributed by atoms with Crippen LogP contribution in [0.15, 0.2) is 65.1 Å². The van der Waals surface area contributed by atoms with Crippen LogP contribution >= 0.6 is 0 Å². The third kappa shape index (κ3) is 4.18. The SMILES string of the molecule is COc1ccc(N2CCN(C(=O)c3cc4oc(C)cc4n3Cc3cccc(F)c3)CC2)cc1. The van der Waals surface area contributed by atoms with E-state index in [1.54, 1.807) is 19.2 Å². The van der Waals surface area contributed by atoms with Crippen LogP contribution in [0.1, 0.15) is 21.8 Å². The maximum absolute atomic E-state index is 13.8. The summed E-state index contributed by atoms with van der Waals surface area (Å²) in [4.78, 5) is 17.7. The Bertz CT molecular complexity index is 1280. The van der Waals surface area contributed by atoms with E-state index in [1.807, 2.05) is 52.8 Å². The second-order valence-electron chi connectivity index (χ2n) is 8.33. The van der Waals surface area contributed by atoms with E-state index in [9.17, 15) is 9.18 Å². The van der Waals surface area contributed by atoms with Crippen molar-refractivity contribution in [3.05, 3.63) is 83.5 Å². The molecule has 0 N–H and O–H groups in total. The zero-order chi connectivity index (χ0) is 22.9. The molecule has 1 fully saturated rings. The summed E-state index contributed by atoms with van der Waals surface area (Å²) in [6, 6.07) is 18.2. The lowest BCUT2D eigenvalue weighted by molar-refractivity contribution is 0.0737. The highest BCUT2D eigenvalue weighted by molar-refractivity contribution is 5.98. The molecule has 0 saturated carbocycles. The molecule has 1 aliphatic rings. The highest BCUT2D eigenvalue weighted by atomic mass is 19.1. The highest BCUT2D eigenvalue weighted by Gasteiger charge is 2.26. The molecule has 0 atom stereocenters. The van der Waals surface area contributed by atoms with E-state index >= 15 is 0 Å². The number of hydrogen-bond donors (Lipinski definition) is 0. The number of carbonyl (C=O) groups is 1. The molecule has 33 heavy (non-hydrogen) atoms. The maximum Gasteiger partial charge on any atom is 0.270 e. The Labute approximate surface area is 191 Å². The van der Waals surface area contributed by atoms with Crippen molar-refractivity contribution in [1.82, 2.24) is 9.47 Å². The molecule has 1 saturated heterocycles. The predicted octanol–water partition coefficient (Wildman–Crippen LogP) is 4.70. The maximum atomic E-state index is 13.8. The van der Waals surface area contributed by atoms with Gasteiger partial charge in [0.15, 0.2) is 5.58 Å². The number of piperazine rings is 1. The smallest absolute Gasteiger partial charge is 0.270 e. The largest absolute Gasteiger partial charge is 0.497 e. The lowest BCUT2D eigenvalue weighted by Crippen LogP contribution is -2.49. The van der Waals surface area contributed by atoms with Gasteiger partial charge in [-0.25, -0.2) is 4.39 Å². The topological polar surface area (TPSA) is 50.9 Å². The number of aryl methyl sites for hydroxylation is 1. The number of amides is 1. The van der Waals surface area contributed by atoms with Crippen molar-refractivity contribution in [1.29, 1.82) is 0 Å². The number of halogens is 1. The van der Waals surface area contributed by atoms with Gasteiger partial charge in [-0.2, -0.15) is 0 Å². The number of rotatable bonds is 5. The molecule has 0 spiro atoms. The van der Waals surface area contributed by atoms with Crippen LogP contribution in [0.3, 0.4) is 0 Å². The zero-order valence-electron chi connectivity index (χ0n) is 18.8. The normalized spacial score (nSPS) is 14.2. The van der Waals surface area contributed by atoms with Gasteiger partial charge in [0, 0.05) is 50.5 Å². The van der Waals surface area contributed by atoms with Crippen LogP contribution in [0.5, 0.6) is 5.75 Å². The van der Waals surface area contributed by atoms with Crippen molar-refractivity contribution in [2.45, 2.75) is 13.5 Å². The number of aromatic nitrogens is 1. The van der Waals surface area contributed by atoms with Crippen LogP contribution < -0.4 is 9.64 Å². The fraction of sp³-hybridized carbons (Fsp3) is 0.269. The molecule has 0 radical (unpaired) electrons. The van der Waals surface area contributed by atoms with Gasteiger partial charge in [-0.15, -0.1) is 0 Å². The molecule has 0 unspecified atom stereocenters. The average Bonchev–Trinajstić information content (AvgIpc) is 3.35. The fourth-order valence-corrected chi connectivity index (χ4v) is 4.45. The Balaban J connectivity index is 1.36. The molecule has 0 bridgehead atoms. The van der Waals surface area contributed by atoms with Gasteiger partial charge in [-0.05, 0) is 48.9 Å². The van der Waals surface area contributed by atoms with E-state index in [0.29, 0.717) is 30.9 Å². The van der Waals surface area contributed by atoms with Crippen molar-refractivity contribution in [2.75, 3.05) is 38.2 Å². The summed E-state index contributed by atoms with van der Waals surface area (Å²) >= 11 is 0. The molecule has 4 aromatic rings. The second-order valence-corrected chi connectivity index (χ2v) is 8.33. The minimum Gasteiger partial charge on any atom is -0.497 e. The van der Waals surface area contributed by atoms with Crippen molar-refractivity contribution in [2.24, 2.45) is 0 Å². The molecule has 7 heteroatoms. The number of carbonyl (C=O) groups excluding carboxylic acids is 1. The monoisotopic (exact) mass is 447 g/mol. The number of furan rings is 1. The molecule has 5 rings (SSSR count). The van der Waals surface area contributed by atoms with Gasteiger partial charge < -0.3 is 23.5 Å².